The normalized spacial score (nSPS) is 31.4. The molecule has 0 saturated carbocycles. The molecular formula is C26H20F6N2O6. The minimum atomic E-state index is -4.95. The van der Waals surface area contributed by atoms with E-state index in [2.05, 4.69) is 4.85 Å². The van der Waals surface area contributed by atoms with Crippen LogP contribution in [0, 0.1) is 18.4 Å². The van der Waals surface area contributed by atoms with E-state index in [9.17, 15) is 46.1 Å². The number of halogens is 6. The van der Waals surface area contributed by atoms with Crippen LogP contribution in [0.1, 0.15) is 24.5 Å². The molecule has 2 unspecified atom stereocenters. The Balaban J connectivity index is 1.45. The minimum Gasteiger partial charge on any atom is -0.493 e. The van der Waals surface area contributed by atoms with Gasteiger partial charge in [-0.2, -0.15) is 26.3 Å². The van der Waals surface area contributed by atoms with Crippen LogP contribution in [0.4, 0.5) is 37.7 Å². The van der Waals surface area contributed by atoms with E-state index in [0.717, 1.165) is 36.4 Å². The molecule has 2 N–H and O–H groups in total. The van der Waals surface area contributed by atoms with Crippen molar-refractivity contribution in [3.8, 4) is 5.75 Å². The van der Waals surface area contributed by atoms with E-state index in [-0.39, 0.29) is 18.8 Å². The maximum atomic E-state index is 13.6. The topological polar surface area (TPSA) is 101 Å². The van der Waals surface area contributed by atoms with Crippen molar-refractivity contribution < 1.29 is 55.6 Å². The smallest absolute Gasteiger partial charge is 0.416 e. The summed E-state index contributed by atoms with van der Waals surface area (Å²) in [6, 6.07) is 6.11. The van der Waals surface area contributed by atoms with Crippen LogP contribution < -0.4 is 9.64 Å². The van der Waals surface area contributed by atoms with Crippen molar-refractivity contribution in [1.82, 2.24) is 0 Å². The molecule has 0 spiro atoms. The number of hydrogen-bond acceptors (Lipinski definition) is 6. The van der Waals surface area contributed by atoms with E-state index in [1.165, 1.54) is 6.92 Å². The highest BCUT2D eigenvalue weighted by Crippen LogP contribution is 2.62. The van der Waals surface area contributed by atoms with Crippen molar-refractivity contribution in [3.05, 3.63) is 65.0 Å². The molecule has 6 atom stereocenters. The fraction of sp³-hybridized carbons (Fsp3) is 0.423. The third kappa shape index (κ3) is 3.94. The van der Waals surface area contributed by atoms with Crippen LogP contribution in [-0.2, 0) is 26.7 Å². The van der Waals surface area contributed by atoms with Crippen molar-refractivity contribution in [2.45, 2.75) is 49.1 Å². The number of benzene rings is 2. The second-order valence-electron chi connectivity index (χ2n) is 10.0. The van der Waals surface area contributed by atoms with Crippen LogP contribution in [0.25, 0.3) is 4.85 Å². The first kappa shape index (κ1) is 27.9. The molecule has 3 aliphatic rings. The van der Waals surface area contributed by atoms with Crippen LogP contribution in [0.3, 0.4) is 0 Å². The number of anilines is 1. The number of hydrogen-bond donors (Lipinski definition) is 2. The molecule has 2 amide bonds. The summed E-state index contributed by atoms with van der Waals surface area (Å²) in [5, 5.41) is 21.7. The van der Waals surface area contributed by atoms with Crippen LogP contribution >= 0.6 is 0 Å². The zero-order chi connectivity index (χ0) is 29.4. The molecule has 2 aromatic carbocycles. The maximum Gasteiger partial charge on any atom is 0.416 e. The molecule has 3 saturated heterocycles. The number of aliphatic hydroxyl groups is 2. The van der Waals surface area contributed by atoms with Crippen LogP contribution in [-0.4, -0.2) is 52.0 Å². The molecule has 5 rings (SSSR count). The number of amides is 2. The number of carbonyl (C=O) groups is 2. The number of ether oxygens (including phenoxy) is 2. The Morgan fingerprint density at radius 1 is 0.975 bits per heavy atom. The Labute approximate surface area is 222 Å². The number of rotatable bonds is 5. The van der Waals surface area contributed by atoms with Gasteiger partial charge in [-0.1, -0.05) is 6.07 Å². The molecule has 3 fully saturated rings. The highest BCUT2D eigenvalue weighted by atomic mass is 19.4. The minimum absolute atomic E-state index is 0.0322. The fourth-order valence-electron chi connectivity index (χ4n) is 6.01. The predicted molar refractivity (Wildman–Crippen MR) is 123 cm³/mol. The summed E-state index contributed by atoms with van der Waals surface area (Å²) < 4.78 is 90.6. The Morgan fingerprint density at radius 3 is 2.17 bits per heavy atom. The lowest BCUT2D eigenvalue weighted by Gasteiger charge is -2.37. The molecule has 0 aliphatic carbocycles. The molecule has 0 aromatic heterocycles. The van der Waals surface area contributed by atoms with Crippen molar-refractivity contribution in [2.75, 3.05) is 11.5 Å². The predicted octanol–water partition coefficient (Wildman–Crippen LogP) is 4.11. The van der Waals surface area contributed by atoms with Crippen LogP contribution in [0.5, 0.6) is 5.75 Å². The van der Waals surface area contributed by atoms with E-state index in [1.807, 2.05) is 0 Å². The summed E-state index contributed by atoms with van der Waals surface area (Å²) in [5.74, 6) is -4.65. The molecule has 8 nitrogen and oxygen atoms in total. The number of nitrogens with zero attached hydrogens (tertiary/aromatic N) is 2. The monoisotopic (exact) mass is 570 g/mol. The van der Waals surface area contributed by atoms with Gasteiger partial charge < -0.3 is 19.7 Å². The van der Waals surface area contributed by atoms with E-state index in [1.54, 1.807) is 0 Å². The zero-order valence-electron chi connectivity index (χ0n) is 20.5. The van der Waals surface area contributed by atoms with Gasteiger partial charge in [0.15, 0.2) is 5.69 Å². The van der Waals surface area contributed by atoms with Gasteiger partial charge in [-0.15, -0.1) is 0 Å². The number of aliphatic hydroxyl groups excluding tert-OH is 2. The maximum absolute atomic E-state index is 13.6. The quantitative estimate of drug-likeness (QED) is 0.319. The summed E-state index contributed by atoms with van der Waals surface area (Å²) in [4.78, 5) is 30.5. The Bertz CT molecular complexity index is 1420. The number of imide groups is 1. The Morgan fingerprint density at radius 2 is 1.60 bits per heavy atom. The van der Waals surface area contributed by atoms with Crippen molar-refractivity contribution in [1.29, 1.82) is 0 Å². The number of fused-ring (bicyclic) bond motifs is 5. The molecule has 3 aliphatic heterocycles. The average Bonchev–Trinajstić information content (AvgIpc) is 3.39. The first-order chi connectivity index (χ1) is 18.6. The zero-order valence-corrected chi connectivity index (χ0v) is 20.5. The second kappa shape index (κ2) is 8.92. The lowest BCUT2D eigenvalue weighted by Crippen LogP contribution is -2.58. The number of alkyl halides is 6. The summed E-state index contributed by atoms with van der Waals surface area (Å²) in [6.07, 6.45) is -13.1. The third-order valence-corrected chi connectivity index (χ3v) is 7.85. The van der Waals surface area contributed by atoms with E-state index >= 15 is 0 Å². The van der Waals surface area contributed by atoms with Gasteiger partial charge in [0.05, 0.1) is 36.1 Å². The average molecular weight is 570 g/mol. The van der Waals surface area contributed by atoms with E-state index < -0.39 is 81.9 Å². The van der Waals surface area contributed by atoms with Gasteiger partial charge in [0.2, 0.25) is 11.8 Å². The van der Waals surface area contributed by atoms with E-state index in [0.29, 0.717) is 11.0 Å². The summed E-state index contributed by atoms with van der Waals surface area (Å²) in [7, 11) is 0. The first-order valence-electron chi connectivity index (χ1n) is 11.9. The van der Waals surface area contributed by atoms with Crippen LogP contribution in [0.15, 0.2) is 42.5 Å². The van der Waals surface area contributed by atoms with Crippen LogP contribution in [0.2, 0.25) is 0 Å². The number of carbonyl (C=O) groups excluding carboxylic acids is 2. The molecule has 2 aromatic rings. The third-order valence-electron chi connectivity index (χ3n) is 7.85. The lowest BCUT2D eigenvalue weighted by atomic mass is 9.64. The molecular weight excluding hydrogens is 550 g/mol. The lowest BCUT2D eigenvalue weighted by molar-refractivity contribution is -0.138. The highest BCUT2D eigenvalue weighted by molar-refractivity contribution is 6.23. The summed E-state index contributed by atoms with van der Waals surface area (Å²) in [6.45, 7) is 7.99. The molecule has 3 heterocycles. The van der Waals surface area contributed by atoms with Gasteiger partial charge in [0.1, 0.15) is 29.2 Å². The molecule has 2 bridgehead atoms. The second-order valence-corrected chi connectivity index (χ2v) is 10.0. The Hall–Kier alpha value is -3.67. The first-order valence-corrected chi connectivity index (χ1v) is 11.9. The van der Waals surface area contributed by atoms with Gasteiger partial charge in [-0.3, -0.25) is 9.59 Å². The van der Waals surface area contributed by atoms with Gasteiger partial charge >= 0.3 is 12.4 Å². The van der Waals surface area contributed by atoms with Crippen molar-refractivity contribution >= 4 is 23.2 Å². The summed E-state index contributed by atoms with van der Waals surface area (Å²) >= 11 is 0. The van der Waals surface area contributed by atoms with Gasteiger partial charge in [-0.05, 0) is 43.3 Å². The summed E-state index contributed by atoms with van der Waals surface area (Å²) in [5.41, 5.74) is -7.07. The molecule has 14 heteroatoms. The molecule has 212 valence electrons. The highest BCUT2D eigenvalue weighted by Gasteiger charge is 2.80. The standard InChI is InChI=1S/C26H20F6N2O6/c1-23-17-18(22(38)34(21(17)37)13-5-8-16(33-2)15(11-13)26(30,31)32)24(40-23,20(36)19(23)35)9-10-39-14-6-3-12(4-7-14)25(27,28)29/h3-8,11,17-20,35-36H,9-10H2,1H3/t17-,18+,19-,20+,23?,24?/m1/s1. The molecule has 40 heavy (non-hydrogen) atoms. The van der Waals surface area contributed by atoms with Gasteiger partial charge in [0, 0.05) is 12.1 Å². The Kier molecular flexibility index (Phi) is 6.22. The van der Waals surface area contributed by atoms with E-state index in [4.69, 9.17) is 16.0 Å². The SMILES string of the molecule is [C-]#[N+]c1ccc(N2C(=O)[C@@H]3[C@H](C2=O)C2(C)OC3(CCOc3ccc(C(F)(F)F)cc3)[C@@H](O)[C@H]2O)cc1C(F)(F)F. The van der Waals surface area contributed by atoms with Gasteiger partial charge in [-0.25, -0.2) is 9.74 Å². The van der Waals surface area contributed by atoms with Crippen molar-refractivity contribution in [3.63, 3.8) is 0 Å². The largest absolute Gasteiger partial charge is 0.493 e. The fourth-order valence-corrected chi connectivity index (χ4v) is 6.01. The van der Waals surface area contributed by atoms with Crippen molar-refractivity contribution in [2.24, 2.45) is 11.8 Å². The van der Waals surface area contributed by atoms with Gasteiger partial charge in [0.25, 0.3) is 0 Å². The molecule has 0 radical (unpaired) electrons.